The van der Waals surface area contributed by atoms with Crippen molar-refractivity contribution < 1.29 is 19.1 Å². The van der Waals surface area contributed by atoms with Crippen LogP contribution in [0.3, 0.4) is 0 Å². The normalized spacial score (nSPS) is 22.7. The minimum Gasteiger partial charge on any atom is -0.461 e. The predicted molar refractivity (Wildman–Crippen MR) is 82.9 cm³/mol. The molecule has 0 radical (unpaired) electrons. The molecule has 2 aliphatic rings. The Balaban J connectivity index is 1.97. The Bertz CT molecular complexity index is 741. The molecule has 1 aromatic rings. The van der Waals surface area contributed by atoms with Crippen molar-refractivity contribution in [3.63, 3.8) is 0 Å². The Morgan fingerprint density at radius 3 is 2.74 bits per heavy atom. The SMILES string of the molecule is CCOC(=O)C1=NN[C@@H]2C(=O)N(c3cc(C)ccc3C)C(=O)[C@H]12. The zero-order valence-electron chi connectivity index (χ0n) is 13.1. The second-order valence-corrected chi connectivity index (χ2v) is 5.60. The first kappa shape index (κ1) is 15.2. The van der Waals surface area contributed by atoms with Crippen LogP contribution in [0, 0.1) is 19.8 Å². The zero-order valence-corrected chi connectivity index (χ0v) is 13.1. The number of rotatable bonds is 3. The quantitative estimate of drug-likeness (QED) is 0.655. The van der Waals surface area contributed by atoms with Crippen molar-refractivity contribution in [1.82, 2.24) is 5.43 Å². The number of benzene rings is 1. The van der Waals surface area contributed by atoms with E-state index >= 15 is 0 Å². The van der Waals surface area contributed by atoms with E-state index in [1.54, 1.807) is 13.0 Å². The third-order valence-corrected chi connectivity index (χ3v) is 4.01. The fraction of sp³-hybridized carbons (Fsp3) is 0.375. The fourth-order valence-corrected chi connectivity index (χ4v) is 2.86. The lowest BCUT2D eigenvalue weighted by Gasteiger charge is -2.18. The molecule has 1 N–H and O–H groups in total. The maximum absolute atomic E-state index is 12.8. The summed E-state index contributed by atoms with van der Waals surface area (Å²) in [4.78, 5) is 38.4. The van der Waals surface area contributed by atoms with Crippen LogP contribution in [0.5, 0.6) is 0 Å². The number of hydrazone groups is 1. The van der Waals surface area contributed by atoms with E-state index in [0.717, 1.165) is 16.0 Å². The summed E-state index contributed by atoms with van der Waals surface area (Å²) in [5.41, 5.74) is 4.85. The highest BCUT2D eigenvalue weighted by atomic mass is 16.5. The highest BCUT2D eigenvalue weighted by Gasteiger charge is 2.55. The van der Waals surface area contributed by atoms with Gasteiger partial charge in [-0.05, 0) is 38.0 Å². The van der Waals surface area contributed by atoms with E-state index in [2.05, 4.69) is 10.5 Å². The molecular formula is C16H17N3O4. The molecule has 1 saturated heterocycles. The molecule has 2 heterocycles. The molecule has 1 fully saturated rings. The van der Waals surface area contributed by atoms with Gasteiger partial charge in [-0.25, -0.2) is 9.69 Å². The second kappa shape index (κ2) is 5.49. The van der Waals surface area contributed by atoms with Crippen LogP contribution < -0.4 is 10.3 Å². The summed E-state index contributed by atoms with van der Waals surface area (Å²) in [6, 6.07) is 4.70. The molecule has 3 rings (SSSR count). The number of carbonyl (C=O) groups excluding carboxylic acids is 3. The molecule has 2 atom stereocenters. The van der Waals surface area contributed by atoms with E-state index in [1.165, 1.54) is 0 Å². The van der Waals surface area contributed by atoms with Crippen LogP contribution in [0.4, 0.5) is 5.69 Å². The molecule has 0 saturated carbocycles. The van der Waals surface area contributed by atoms with Gasteiger partial charge in [-0.15, -0.1) is 0 Å². The van der Waals surface area contributed by atoms with E-state index in [9.17, 15) is 14.4 Å². The molecule has 120 valence electrons. The van der Waals surface area contributed by atoms with E-state index in [1.807, 2.05) is 26.0 Å². The average molecular weight is 315 g/mol. The molecule has 1 aromatic carbocycles. The van der Waals surface area contributed by atoms with E-state index in [4.69, 9.17) is 4.74 Å². The molecule has 7 heteroatoms. The van der Waals surface area contributed by atoms with Gasteiger partial charge in [-0.1, -0.05) is 12.1 Å². The van der Waals surface area contributed by atoms with Crippen LogP contribution in [0.1, 0.15) is 18.1 Å². The number of fused-ring (bicyclic) bond motifs is 1. The van der Waals surface area contributed by atoms with Crippen LogP contribution in [0.25, 0.3) is 0 Å². The molecule has 0 aromatic heterocycles. The van der Waals surface area contributed by atoms with Crippen molar-refractivity contribution in [2.75, 3.05) is 11.5 Å². The lowest BCUT2D eigenvalue weighted by Crippen LogP contribution is -2.36. The lowest BCUT2D eigenvalue weighted by atomic mass is 9.99. The number of nitrogens with zero attached hydrogens (tertiary/aromatic N) is 2. The number of imide groups is 1. The fourth-order valence-electron chi connectivity index (χ4n) is 2.86. The summed E-state index contributed by atoms with van der Waals surface area (Å²) in [5.74, 6) is -2.46. The van der Waals surface area contributed by atoms with Crippen LogP contribution >= 0.6 is 0 Å². The first-order valence-corrected chi connectivity index (χ1v) is 7.41. The van der Waals surface area contributed by atoms with Crippen molar-refractivity contribution >= 4 is 29.2 Å². The van der Waals surface area contributed by atoms with Gasteiger partial charge in [0.15, 0.2) is 5.71 Å². The number of anilines is 1. The molecule has 23 heavy (non-hydrogen) atoms. The van der Waals surface area contributed by atoms with Gasteiger partial charge in [0.1, 0.15) is 12.0 Å². The van der Waals surface area contributed by atoms with Gasteiger partial charge < -0.3 is 4.74 Å². The minimum atomic E-state index is -0.929. The molecule has 2 aliphatic heterocycles. The minimum absolute atomic E-state index is 0.0389. The Morgan fingerprint density at radius 1 is 1.30 bits per heavy atom. The van der Waals surface area contributed by atoms with E-state index in [0.29, 0.717) is 5.69 Å². The first-order chi connectivity index (χ1) is 11.0. The Morgan fingerprint density at radius 2 is 2.04 bits per heavy atom. The van der Waals surface area contributed by atoms with Gasteiger partial charge in [0, 0.05) is 0 Å². The van der Waals surface area contributed by atoms with Crippen molar-refractivity contribution in [3.05, 3.63) is 29.3 Å². The summed E-state index contributed by atoms with van der Waals surface area (Å²) in [6.07, 6.45) is 0. The third-order valence-electron chi connectivity index (χ3n) is 4.01. The Hall–Kier alpha value is -2.70. The summed E-state index contributed by atoms with van der Waals surface area (Å²) < 4.78 is 4.91. The van der Waals surface area contributed by atoms with E-state index < -0.39 is 29.7 Å². The van der Waals surface area contributed by atoms with Crippen molar-refractivity contribution in [2.24, 2.45) is 11.0 Å². The highest BCUT2D eigenvalue weighted by molar-refractivity contribution is 6.46. The smallest absolute Gasteiger partial charge is 0.355 e. The summed E-state index contributed by atoms with van der Waals surface area (Å²) in [7, 11) is 0. The monoisotopic (exact) mass is 315 g/mol. The summed E-state index contributed by atoms with van der Waals surface area (Å²) in [6.45, 7) is 5.57. The zero-order chi connectivity index (χ0) is 16.7. The number of ether oxygens (including phenoxy) is 1. The second-order valence-electron chi connectivity index (χ2n) is 5.60. The van der Waals surface area contributed by atoms with Crippen LogP contribution in [-0.4, -0.2) is 36.1 Å². The lowest BCUT2D eigenvalue weighted by molar-refractivity contribution is -0.136. The standard InChI is InChI=1S/C16H17N3O4/c1-4-23-16(22)13-11-12(17-18-13)15(21)19(14(11)20)10-7-8(2)5-6-9(10)3/h5-7,11-12,17H,4H2,1-3H3/t11-,12-/m0/s1. The summed E-state index contributed by atoms with van der Waals surface area (Å²) in [5, 5.41) is 3.83. The molecule has 2 amide bonds. The largest absolute Gasteiger partial charge is 0.461 e. The van der Waals surface area contributed by atoms with E-state index in [-0.39, 0.29) is 12.3 Å². The number of carbonyl (C=O) groups is 3. The van der Waals surface area contributed by atoms with Crippen molar-refractivity contribution in [1.29, 1.82) is 0 Å². The molecule has 0 spiro atoms. The number of hydrogen-bond acceptors (Lipinski definition) is 6. The third kappa shape index (κ3) is 2.28. The van der Waals surface area contributed by atoms with Crippen molar-refractivity contribution in [2.45, 2.75) is 26.8 Å². The van der Waals surface area contributed by atoms with Gasteiger partial charge in [-0.2, -0.15) is 5.10 Å². The van der Waals surface area contributed by atoms with Crippen LogP contribution in [-0.2, 0) is 19.1 Å². The number of nitrogens with one attached hydrogen (secondary N) is 1. The number of aryl methyl sites for hydroxylation is 2. The van der Waals surface area contributed by atoms with Gasteiger partial charge >= 0.3 is 5.97 Å². The van der Waals surface area contributed by atoms with Gasteiger partial charge in [-0.3, -0.25) is 15.0 Å². The Labute approximate surface area is 133 Å². The molecule has 0 unspecified atom stereocenters. The van der Waals surface area contributed by atoms with Gasteiger partial charge in [0.25, 0.3) is 5.91 Å². The van der Waals surface area contributed by atoms with Crippen molar-refractivity contribution in [3.8, 4) is 0 Å². The maximum Gasteiger partial charge on any atom is 0.355 e. The number of hydrogen-bond donors (Lipinski definition) is 1. The highest BCUT2D eigenvalue weighted by Crippen LogP contribution is 2.33. The molecule has 7 nitrogen and oxygen atoms in total. The predicted octanol–water partition coefficient (Wildman–Crippen LogP) is 0.684. The van der Waals surface area contributed by atoms with Crippen LogP contribution in [0.15, 0.2) is 23.3 Å². The topological polar surface area (TPSA) is 88.1 Å². The average Bonchev–Trinajstić information content (AvgIpc) is 3.04. The number of esters is 1. The first-order valence-electron chi connectivity index (χ1n) is 7.41. The van der Waals surface area contributed by atoms with Gasteiger partial charge in [0.05, 0.1) is 12.3 Å². The molecule has 0 bridgehead atoms. The summed E-state index contributed by atoms with van der Waals surface area (Å²) >= 11 is 0. The maximum atomic E-state index is 12.8. The van der Waals surface area contributed by atoms with Crippen LogP contribution in [0.2, 0.25) is 0 Å². The van der Waals surface area contributed by atoms with Gasteiger partial charge in [0.2, 0.25) is 5.91 Å². The Kier molecular flexibility index (Phi) is 3.63. The molecule has 0 aliphatic carbocycles. The molecular weight excluding hydrogens is 298 g/mol. The number of amides is 2.